The highest BCUT2D eigenvalue weighted by molar-refractivity contribution is 7.85. The average molecular weight is 246 g/mol. The fourth-order valence-electron chi connectivity index (χ4n) is 1.96. The van der Waals surface area contributed by atoms with E-state index in [0.29, 0.717) is 11.5 Å². The Kier molecular flexibility index (Phi) is 2.57. The Morgan fingerprint density at radius 3 is 1.94 bits per heavy atom. The molecule has 0 amide bonds. The van der Waals surface area contributed by atoms with Crippen molar-refractivity contribution in [3.8, 4) is 0 Å². The molecule has 0 unspecified atom stereocenters. The van der Waals surface area contributed by atoms with Gasteiger partial charge < -0.3 is 9.47 Å². The molecule has 16 heavy (non-hydrogen) atoms. The van der Waals surface area contributed by atoms with Gasteiger partial charge in [0.15, 0.2) is 5.41 Å². The topological polar surface area (TPSA) is 69.7 Å². The molecule has 5 nitrogen and oxygen atoms in total. The maximum Gasteiger partial charge on any atom is 0.326 e. The molecule has 0 saturated carbocycles. The summed E-state index contributed by atoms with van der Waals surface area (Å²) in [6, 6.07) is 0. The molecule has 2 aliphatic heterocycles. The van der Waals surface area contributed by atoms with Gasteiger partial charge >= 0.3 is 11.9 Å². The first kappa shape index (κ1) is 11.6. The van der Waals surface area contributed by atoms with Gasteiger partial charge in [0.25, 0.3) is 5.79 Å². The van der Waals surface area contributed by atoms with Crippen molar-refractivity contribution < 1.29 is 23.3 Å². The minimum absolute atomic E-state index is 0.257. The fraction of sp³-hybridized carbons (Fsp3) is 0.800. The summed E-state index contributed by atoms with van der Waals surface area (Å²) in [6.07, 6.45) is 0.515. The zero-order chi connectivity index (χ0) is 12.0. The van der Waals surface area contributed by atoms with Crippen LogP contribution in [-0.4, -0.2) is 33.4 Å². The van der Waals surface area contributed by atoms with Crippen molar-refractivity contribution in [2.45, 2.75) is 32.5 Å². The number of carbonyl (C=O) groups is 2. The molecule has 0 bridgehead atoms. The molecule has 2 saturated heterocycles. The van der Waals surface area contributed by atoms with E-state index < -0.39 is 33.9 Å². The molecular weight excluding hydrogens is 232 g/mol. The maximum absolute atomic E-state index is 11.9. The lowest BCUT2D eigenvalue weighted by Crippen LogP contribution is -2.56. The van der Waals surface area contributed by atoms with Crippen molar-refractivity contribution in [2.75, 3.05) is 11.5 Å². The second-order valence-electron chi connectivity index (χ2n) is 4.61. The molecule has 2 heterocycles. The van der Waals surface area contributed by atoms with E-state index in [2.05, 4.69) is 0 Å². The van der Waals surface area contributed by atoms with E-state index in [1.807, 2.05) is 0 Å². The van der Waals surface area contributed by atoms with Gasteiger partial charge in [-0.05, 0) is 12.8 Å². The van der Waals surface area contributed by atoms with Gasteiger partial charge in [-0.3, -0.25) is 13.8 Å². The van der Waals surface area contributed by atoms with Crippen LogP contribution in [0.4, 0.5) is 0 Å². The minimum Gasteiger partial charge on any atom is -0.422 e. The zero-order valence-electron chi connectivity index (χ0n) is 9.28. The molecule has 0 aliphatic carbocycles. The van der Waals surface area contributed by atoms with Gasteiger partial charge in [-0.15, -0.1) is 0 Å². The number of hydrogen-bond acceptors (Lipinski definition) is 5. The molecule has 6 heteroatoms. The number of rotatable bonds is 0. The molecule has 1 spiro atoms. The van der Waals surface area contributed by atoms with Gasteiger partial charge in [0.1, 0.15) is 0 Å². The van der Waals surface area contributed by atoms with Crippen LogP contribution in [0.25, 0.3) is 0 Å². The highest BCUT2D eigenvalue weighted by Crippen LogP contribution is 2.40. The molecule has 90 valence electrons. The lowest BCUT2D eigenvalue weighted by Gasteiger charge is -2.41. The Bertz CT molecular complexity index is 341. The summed E-state index contributed by atoms with van der Waals surface area (Å²) in [6.45, 7) is 3.05. The van der Waals surface area contributed by atoms with Crippen LogP contribution in [-0.2, 0) is 29.9 Å². The third-order valence-corrected chi connectivity index (χ3v) is 4.29. The van der Waals surface area contributed by atoms with Gasteiger partial charge in [0.2, 0.25) is 0 Å². The summed E-state index contributed by atoms with van der Waals surface area (Å²) in [4.78, 5) is 23.8. The third-order valence-electron chi connectivity index (χ3n) is 2.97. The SMILES string of the molecule is CC1(C)OC(=O)C2(CCS(=O)CC2)C(=O)O1. The van der Waals surface area contributed by atoms with Crippen LogP contribution in [0.15, 0.2) is 0 Å². The van der Waals surface area contributed by atoms with E-state index in [9.17, 15) is 13.8 Å². The first-order chi connectivity index (χ1) is 7.36. The van der Waals surface area contributed by atoms with E-state index in [-0.39, 0.29) is 12.8 Å². The Labute approximate surface area is 95.9 Å². The second-order valence-corrected chi connectivity index (χ2v) is 6.31. The van der Waals surface area contributed by atoms with Crippen molar-refractivity contribution in [1.82, 2.24) is 0 Å². The smallest absolute Gasteiger partial charge is 0.326 e. The molecule has 2 fully saturated rings. The predicted octanol–water partition coefficient (Wildman–Crippen LogP) is 0.351. The molecule has 0 aromatic carbocycles. The quantitative estimate of drug-likeness (QED) is 0.455. The average Bonchev–Trinajstić information content (AvgIpc) is 2.15. The number of hydrogen-bond donors (Lipinski definition) is 0. The molecule has 0 radical (unpaired) electrons. The lowest BCUT2D eigenvalue weighted by atomic mass is 9.81. The standard InChI is InChI=1S/C10H14O5S/c1-9(2)14-7(11)10(8(12)15-9)3-5-16(13)6-4-10/h3-6H2,1-2H3. The van der Waals surface area contributed by atoms with Crippen LogP contribution < -0.4 is 0 Å². The van der Waals surface area contributed by atoms with E-state index >= 15 is 0 Å². The molecule has 0 atom stereocenters. The number of cyclic esters (lactones) is 2. The Morgan fingerprint density at radius 2 is 1.50 bits per heavy atom. The highest BCUT2D eigenvalue weighted by Gasteiger charge is 2.57. The molecule has 0 aromatic heterocycles. The van der Waals surface area contributed by atoms with E-state index in [4.69, 9.17) is 9.47 Å². The van der Waals surface area contributed by atoms with E-state index in [1.54, 1.807) is 0 Å². The van der Waals surface area contributed by atoms with Crippen LogP contribution >= 0.6 is 0 Å². The Hall–Kier alpha value is -0.910. The van der Waals surface area contributed by atoms with Gasteiger partial charge in [-0.25, -0.2) is 0 Å². The first-order valence-corrected chi connectivity index (χ1v) is 6.66. The Balaban J connectivity index is 2.25. The van der Waals surface area contributed by atoms with Crippen molar-refractivity contribution >= 4 is 22.7 Å². The second kappa shape index (κ2) is 3.55. The van der Waals surface area contributed by atoms with Crippen LogP contribution in [0.2, 0.25) is 0 Å². The molecule has 2 aliphatic rings. The van der Waals surface area contributed by atoms with Gasteiger partial charge in [-0.2, -0.15) is 0 Å². The van der Waals surface area contributed by atoms with Crippen LogP contribution in [0.3, 0.4) is 0 Å². The zero-order valence-corrected chi connectivity index (χ0v) is 10.1. The summed E-state index contributed by atoms with van der Waals surface area (Å²) in [7, 11) is -0.933. The minimum atomic E-state index is -1.20. The van der Waals surface area contributed by atoms with Gasteiger partial charge in [-0.1, -0.05) is 0 Å². The fourth-order valence-corrected chi connectivity index (χ4v) is 3.31. The van der Waals surface area contributed by atoms with Gasteiger partial charge in [0.05, 0.1) is 0 Å². The summed E-state index contributed by atoms with van der Waals surface area (Å²) in [5, 5.41) is 0. The normalized spacial score (nSPS) is 28.6. The molecular formula is C10H14O5S. The Morgan fingerprint density at radius 1 is 1.06 bits per heavy atom. The van der Waals surface area contributed by atoms with Crippen molar-refractivity contribution in [2.24, 2.45) is 5.41 Å². The van der Waals surface area contributed by atoms with E-state index in [1.165, 1.54) is 13.8 Å². The maximum atomic E-state index is 11.9. The summed E-state index contributed by atoms with van der Waals surface area (Å²) in [5.41, 5.74) is -1.20. The first-order valence-electron chi connectivity index (χ1n) is 5.18. The number of ether oxygens (including phenoxy) is 2. The number of carbonyl (C=O) groups excluding carboxylic acids is 2. The third kappa shape index (κ3) is 1.75. The predicted molar refractivity (Wildman–Crippen MR) is 55.8 cm³/mol. The van der Waals surface area contributed by atoms with Crippen LogP contribution in [0.1, 0.15) is 26.7 Å². The molecule has 0 aromatic rings. The van der Waals surface area contributed by atoms with Crippen molar-refractivity contribution in [3.63, 3.8) is 0 Å². The summed E-state index contributed by atoms with van der Waals surface area (Å²) in [5.74, 6) is -1.55. The van der Waals surface area contributed by atoms with Crippen molar-refractivity contribution in [3.05, 3.63) is 0 Å². The van der Waals surface area contributed by atoms with Gasteiger partial charge in [0, 0.05) is 36.2 Å². The summed E-state index contributed by atoms with van der Waals surface area (Å²) < 4.78 is 21.4. The molecule has 0 N–H and O–H groups in total. The van der Waals surface area contributed by atoms with Crippen molar-refractivity contribution in [1.29, 1.82) is 0 Å². The largest absolute Gasteiger partial charge is 0.422 e. The lowest BCUT2D eigenvalue weighted by molar-refractivity contribution is -0.251. The van der Waals surface area contributed by atoms with Crippen LogP contribution in [0.5, 0.6) is 0 Å². The monoisotopic (exact) mass is 246 g/mol. The summed E-state index contributed by atoms with van der Waals surface area (Å²) >= 11 is 0. The van der Waals surface area contributed by atoms with Crippen LogP contribution in [0, 0.1) is 5.41 Å². The van der Waals surface area contributed by atoms with E-state index in [0.717, 1.165) is 0 Å². The number of esters is 2. The highest BCUT2D eigenvalue weighted by atomic mass is 32.2. The molecule has 2 rings (SSSR count).